The number of carbonyl (C=O) groups excluding carboxylic acids is 1. The topological polar surface area (TPSA) is 35.6 Å². The molecule has 0 spiro atoms. The second-order valence-corrected chi connectivity index (χ2v) is 5.35. The summed E-state index contributed by atoms with van der Waals surface area (Å²) in [6.45, 7) is 3.90. The molecule has 2 rings (SSSR count). The molecule has 0 aromatic heterocycles. The lowest BCUT2D eigenvalue weighted by Gasteiger charge is -2.29. The van der Waals surface area contributed by atoms with Crippen molar-refractivity contribution in [3.8, 4) is 0 Å². The van der Waals surface area contributed by atoms with Crippen molar-refractivity contribution in [2.75, 3.05) is 39.8 Å². The number of benzene rings is 1. The number of carbonyl (C=O) groups is 1. The van der Waals surface area contributed by atoms with Crippen LogP contribution in [0.3, 0.4) is 0 Å². The number of halogens is 3. The fourth-order valence-electron chi connectivity index (χ4n) is 2.44. The van der Waals surface area contributed by atoms with Gasteiger partial charge in [0, 0.05) is 38.3 Å². The van der Waals surface area contributed by atoms with Crippen molar-refractivity contribution in [3.63, 3.8) is 0 Å². The second-order valence-electron chi connectivity index (χ2n) is 5.35. The summed E-state index contributed by atoms with van der Waals surface area (Å²) >= 11 is 0. The minimum absolute atomic E-state index is 0. The van der Waals surface area contributed by atoms with Gasteiger partial charge in [-0.15, -0.1) is 12.4 Å². The van der Waals surface area contributed by atoms with Gasteiger partial charge >= 0.3 is 0 Å². The van der Waals surface area contributed by atoms with E-state index in [0.29, 0.717) is 13.1 Å². The Hall–Kier alpha value is -1.24. The third kappa shape index (κ3) is 5.51. The van der Waals surface area contributed by atoms with Crippen LogP contribution in [0, 0.1) is 0 Å². The summed E-state index contributed by atoms with van der Waals surface area (Å²) in [6.07, 6.45) is -2.46. The Morgan fingerprint density at radius 3 is 2.68 bits per heavy atom. The number of amides is 1. The SMILES string of the molecule is CN(CC(=O)N1CCNCC1)Cc1cccc(C(F)F)c1.Cl. The number of alkyl halides is 2. The van der Waals surface area contributed by atoms with Gasteiger partial charge in [-0.1, -0.05) is 18.2 Å². The maximum absolute atomic E-state index is 12.7. The van der Waals surface area contributed by atoms with Gasteiger partial charge < -0.3 is 10.2 Å². The van der Waals surface area contributed by atoms with Crippen molar-refractivity contribution in [2.45, 2.75) is 13.0 Å². The van der Waals surface area contributed by atoms with Gasteiger partial charge in [0.15, 0.2) is 0 Å². The lowest BCUT2D eigenvalue weighted by Crippen LogP contribution is -2.49. The Labute approximate surface area is 135 Å². The van der Waals surface area contributed by atoms with Gasteiger partial charge in [0.05, 0.1) is 6.54 Å². The van der Waals surface area contributed by atoms with E-state index in [2.05, 4.69) is 5.32 Å². The standard InChI is InChI=1S/C15H21F2N3O.ClH/c1-19(11-14(21)20-7-5-18-6-8-20)10-12-3-2-4-13(9-12)15(16)17;/h2-4,9,15,18H,5-8,10-11H2,1H3;1H. The zero-order valence-corrected chi connectivity index (χ0v) is 13.4. The number of hydrogen-bond donors (Lipinski definition) is 1. The lowest BCUT2D eigenvalue weighted by atomic mass is 10.1. The van der Waals surface area contributed by atoms with Crippen LogP contribution < -0.4 is 5.32 Å². The number of nitrogens with one attached hydrogen (secondary N) is 1. The van der Waals surface area contributed by atoms with Crippen molar-refractivity contribution in [1.29, 1.82) is 0 Å². The molecule has 0 bridgehead atoms. The molecule has 0 saturated carbocycles. The summed E-state index contributed by atoms with van der Waals surface area (Å²) < 4.78 is 25.3. The van der Waals surface area contributed by atoms with Gasteiger partial charge in [-0.3, -0.25) is 9.69 Å². The van der Waals surface area contributed by atoms with Crippen LogP contribution >= 0.6 is 12.4 Å². The molecular weight excluding hydrogens is 312 g/mol. The molecule has 124 valence electrons. The molecule has 1 amide bonds. The highest BCUT2D eigenvalue weighted by Gasteiger charge is 2.17. The van der Waals surface area contributed by atoms with Crippen molar-refractivity contribution in [2.24, 2.45) is 0 Å². The Bertz CT molecular complexity index is 482. The molecule has 7 heteroatoms. The average Bonchev–Trinajstić information content (AvgIpc) is 2.48. The van der Waals surface area contributed by atoms with E-state index in [1.807, 2.05) is 16.8 Å². The number of hydrogen-bond acceptors (Lipinski definition) is 3. The normalized spacial score (nSPS) is 15.0. The maximum atomic E-state index is 12.7. The molecule has 1 saturated heterocycles. The molecule has 1 N–H and O–H groups in total. The van der Waals surface area contributed by atoms with E-state index < -0.39 is 6.43 Å². The second kappa shape index (κ2) is 9.02. The van der Waals surface area contributed by atoms with E-state index in [9.17, 15) is 13.6 Å². The van der Waals surface area contributed by atoms with Crippen LogP contribution in [-0.4, -0.2) is 55.5 Å². The lowest BCUT2D eigenvalue weighted by molar-refractivity contribution is -0.132. The van der Waals surface area contributed by atoms with E-state index in [0.717, 1.165) is 31.7 Å². The van der Waals surface area contributed by atoms with Gasteiger partial charge in [0.2, 0.25) is 5.91 Å². The summed E-state index contributed by atoms with van der Waals surface area (Å²) in [5.41, 5.74) is 0.817. The average molecular weight is 334 g/mol. The number of rotatable bonds is 5. The summed E-state index contributed by atoms with van der Waals surface area (Å²) in [4.78, 5) is 15.8. The van der Waals surface area contributed by atoms with E-state index in [1.54, 1.807) is 12.1 Å². The van der Waals surface area contributed by atoms with Gasteiger partial charge in [0.1, 0.15) is 0 Å². The third-order valence-electron chi connectivity index (χ3n) is 3.53. The van der Waals surface area contributed by atoms with Gasteiger partial charge in [-0.25, -0.2) is 8.78 Å². The molecular formula is C15H22ClF2N3O. The van der Waals surface area contributed by atoms with Crippen LogP contribution in [0.15, 0.2) is 24.3 Å². The first-order chi connectivity index (χ1) is 10.1. The molecule has 1 aliphatic rings. The summed E-state index contributed by atoms with van der Waals surface area (Å²) in [7, 11) is 1.83. The highest BCUT2D eigenvalue weighted by molar-refractivity contribution is 5.85. The van der Waals surface area contributed by atoms with Crippen LogP contribution in [0.4, 0.5) is 8.78 Å². The Morgan fingerprint density at radius 1 is 1.36 bits per heavy atom. The van der Waals surface area contributed by atoms with E-state index in [1.165, 1.54) is 12.1 Å². The quantitative estimate of drug-likeness (QED) is 0.894. The zero-order chi connectivity index (χ0) is 15.2. The van der Waals surface area contributed by atoms with E-state index in [4.69, 9.17) is 0 Å². The maximum Gasteiger partial charge on any atom is 0.263 e. The molecule has 1 aromatic rings. The molecule has 4 nitrogen and oxygen atoms in total. The van der Waals surface area contributed by atoms with Crippen LogP contribution in [-0.2, 0) is 11.3 Å². The van der Waals surface area contributed by atoms with Gasteiger partial charge in [0.25, 0.3) is 6.43 Å². The van der Waals surface area contributed by atoms with Gasteiger partial charge in [-0.2, -0.15) is 0 Å². The highest BCUT2D eigenvalue weighted by Crippen LogP contribution is 2.19. The zero-order valence-electron chi connectivity index (χ0n) is 12.6. The van der Waals surface area contributed by atoms with Crippen LogP contribution in [0.1, 0.15) is 17.6 Å². The van der Waals surface area contributed by atoms with Crippen molar-refractivity contribution in [3.05, 3.63) is 35.4 Å². The molecule has 22 heavy (non-hydrogen) atoms. The summed E-state index contributed by atoms with van der Waals surface area (Å²) in [5.74, 6) is 0.0871. The summed E-state index contributed by atoms with van der Waals surface area (Å²) in [5, 5.41) is 3.20. The molecule has 1 fully saturated rings. The smallest absolute Gasteiger partial charge is 0.263 e. The number of nitrogens with zero attached hydrogens (tertiary/aromatic N) is 2. The van der Waals surface area contributed by atoms with Crippen molar-refractivity contribution in [1.82, 2.24) is 15.1 Å². The third-order valence-corrected chi connectivity index (χ3v) is 3.53. The van der Waals surface area contributed by atoms with Crippen molar-refractivity contribution < 1.29 is 13.6 Å². The summed E-state index contributed by atoms with van der Waals surface area (Å²) in [6, 6.07) is 6.34. The Morgan fingerprint density at radius 2 is 2.05 bits per heavy atom. The number of likely N-dealkylation sites (N-methyl/N-ethyl adjacent to an activating group) is 1. The molecule has 1 heterocycles. The highest BCUT2D eigenvalue weighted by atomic mass is 35.5. The monoisotopic (exact) mass is 333 g/mol. The molecule has 0 radical (unpaired) electrons. The first-order valence-corrected chi connectivity index (χ1v) is 7.10. The molecule has 1 aliphatic heterocycles. The fraction of sp³-hybridized carbons (Fsp3) is 0.533. The van der Waals surface area contributed by atoms with Gasteiger partial charge in [-0.05, 0) is 18.7 Å². The van der Waals surface area contributed by atoms with E-state index >= 15 is 0 Å². The van der Waals surface area contributed by atoms with E-state index in [-0.39, 0.29) is 23.9 Å². The molecule has 0 unspecified atom stereocenters. The first-order valence-electron chi connectivity index (χ1n) is 7.10. The van der Waals surface area contributed by atoms with Crippen LogP contribution in [0.2, 0.25) is 0 Å². The van der Waals surface area contributed by atoms with Crippen molar-refractivity contribution >= 4 is 18.3 Å². The largest absolute Gasteiger partial charge is 0.339 e. The molecule has 0 aliphatic carbocycles. The Balaban J connectivity index is 0.00000242. The van der Waals surface area contributed by atoms with Crippen LogP contribution in [0.25, 0.3) is 0 Å². The molecule has 1 aromatic carbocycles. The Kier molecular flexibility index (Phi) is 7.72. The number of piperazine rings is 1. The fourth-order valence-corrected chi connectivity index (χ4v) is 2.44. The first kappa shape index (κ1) is 18.8. The predicted molar refractivity (Wildman–Crippen MR) is 84.4 cm³/mol. The minimum atomic E-state index is -2.46. The van der Waals surface area contributed by atoms with Crippen LogP contribution in [0.5, 0.6) is 0 Å². The predicted octanol–water partition coefficient (Wildman–Crippen LogP) is 1.91. The molecule has 0 atom stereocenters. The minimum Gasteiger partial charge on any atom is -0.339 e.